The molecule has 0 aromatic rings. The van der Waals surface area contributed by atoms with E-state index in [1.54, 1.807) is 0 Å². The van der Waals surface area contributed by atoms with Crippen LogP contribution in [-0.4, -0.2) is 44.1 Å². The van der Waals surface area contributed by atoms with Crippen molar-refractivity contribution < 1.29 is 14.3 Å². The minimum Gasteiger partial charge on any atom is -0.438 e. The number of hydrogen-bond donors (Lipinski definition) is 0. The van der Waals surface area contributed by atoms with E-state index in [2.05, 4.69) is 50.6 Å². The van der Waals surface area contributed by atoms with E-state index >= 15 is 0 Å². The summed E-state index contributed by atoms with van der Waals surface area (Å²) in [7, 11) is -1.73. The number of methoxy groups -OCH3 is 1. The third kappa shape index (κ3) is 12.5. The second kappa shape index (κ2) is 9.27. The summed E-state index contributed by atoms with van der Waals surface area (Å²) in [5, 5.41) is 0. The summed E-state index contributed by atoms with van der Waals surface area (Å²) in [6.45, 7) is 18.0. The molecule has 0 amide bonds. The van der Waals surface area contributed by atoms with E-state index in [0.717, 1.165) is 6.42 Å². The summed E-state index contributed by atoms with van der Waals surface area (Å²) in [5.74, 6) is 0. The van der Waals surface area contributed by atoms with Gasteiger partial charge in [0.25, 0.3) is 0 Å². The Labute approximate surface area is 141 Å². The molecule has 22 heavy (non-hydrogen) atoms. The minimum absolute atomic E-state index is 0.500. The van der Waals surface area contributed by atoms with E-state index in [1.807, 2.05) is 0 Å². The molecule has 0 saturated carbocycles. The Hall–Kier alpha value is -0.0794. The summed E-state index contributed by atoms with van der Waals surface area (Å²) in [6.07, 6.45) is 0.421. The molecule has 0 fully saturated rings. The summed E-state index contributed by atoms with van der Waals surface area (Å²) >= 11 is 0. The average Bonchev–Trinajstić information content (AvgIpc) is 2.39. The topological polar surface area (TPSA) is 35.5 Å². The summed E-state index contributed by atoms with van der Waals surface area (Å²) in [5.41, 5.74) is 0. The molecule has 0 aliphatic heterocycles. The fourth-order valence-electron chi connectivity index (χ4n) is 2.41. The van der Waals surface area contributed by atoms with Crippen LogP contribution in [0.3, 0.4) is 0 Å². The predicted octanol–water partition coefficient (Wildman–Crippen LogP) is 5.91. The van der Waals surface area contributed by atoms with Crippen molar-refractivity contribution in [1.82, 2.24) is 0 Å². The summed E-state index contributed by atoms with van der Waals surface area (Å²) in [4.78, 5) is 10.9. The number of hydrogen-bond acceptors (Lipinski definition) is 3. The van der Waals surface area contributed by atoms with Crippen LogP contribution >= 0.6 is 0 Å². The van der Waals surface area contributed by atoms with Gasteiger partial charge in [-0.2, -0.15) is 0 Å². The third-order valence-electron chi connectivity index (χ3n) is 4.41. The fourth-order valence-corrected chi connectivity index (χ4v) is 15.1. The van der Waals surface area contributed by atoms with Crippen LogP contribution in [0.4, 0.5) is 4.79 Å². The smallest absolute Gasteiger partial charge is 0.438 e. The maximum absolute atomic E-state index is 10.9. The van der Waals surface area contributed by atoms with Gasteiger partial charge in [0.05, 0.1) is 13.7 Å². The van der Waals surface area contributed by atoms with Crippen LogP contribution in [0, 0.1) is 0 Å². The molecule has 0 aliphatic carbocycles. The van der Waals surface area contributed by atoms with Gasteiger partial charge < -0.3 is 9.47 Å². The molecule has 0 N–H and O–H groups in total. The lowest BCUT2D eigenvalue weighted by atomic mass is 10.5. The van der Waals surface area contributed by atoms with Crippen molar-refractivity contribution in [3.63, 3.8) is 0 Å². The zero-order chi connectivity index (χ0) is 17.4. The highest BCUT2D eigenvalue weighted by atomic mass is 28.3. The Kier molecular flexibility index (Phi) is 9.24. The Morgan fingerprint density at radius 3 is 1.68 bits per heavy atom. The molecule has 0 rings (SSSR count). The van der Waals surface area contributed by atoms with Gasteiger partial charge in [0.2, 0.25) is 0 Å². The van der Waals surface area contributed by atoms with Crippen LogP contribution < -0.4 is 0 Å². The van der Waals surface area contributed by atoms with Gasteiger partial charge in [-0.25, -0.2) is 4.79 Å². The molecule has 0 unspecified atom stereocenters. The van der Waals surface area contributed by atoms with Crippen molar-refractivity contribution in [3.05, 3.63) is 0 Å². The Morgan fingerprint density at radius 1 is 0.773 bits per heavy atom. The molecule has 0 bridgehead atoms. The van der Waals surface area contributed by atoms with Crippen molar-refractivity contribution in [3.8, 4) is 0 Å². The molecule has 0 heterocycles. The van der Waals surface area contributed by atoms with E-state index in [9.17, 15) is 4.79 Å². The average molecular weight is 363 g/mol. The summed E-state index contributed by atoms with van der Waals surface area (Å²) < 4.78 is 9.47. The van der Waals surface area contributed by atoms with Crippen LogP contribution in [-0.2, 0) is 9.47 Å². The van der Waals surface area contributed by atoms with E-state index in [-0.39, 0.29) is 0 Å². The van der Waals surface area contributed by atoms with Gasteiger partial charge in [0, 0.05) is 24.2 Å². The van der Waals surface area contributed by atoms with Gasteiger partial charge in [0.1, 0.15) is 0 Å². The maximum Gasteiger partial charge on any atom is 0.507 e. The minimum atomic E-state index is -1.16. The normalized spacial score (nSPS) is 13.1. The number of rotatable bonds is 10. The molecule has 6 heteroatoms. The van der Waals surface area contributed by atoms with Crippen molar-refractivity contribution in [2.75, 3.05) is 13.7 Å². The Morgan fingerprint density at radius 2 is 1.23 bits per heavy atom. The monoisotopic (exact) mass is 362 g/mol. The predicted molar refractivity (Wildman–Crippen MR) is 105 cm³/mol. The Balaban J connectivity index is 4.06. The van der Waals surface area contributed by atoms with Crippen LogP contribution in [0.5, 0.6) is 0 Å². The maximum atomic E-state index is 10.9. The lowest BCUT2D eigenvalue weighted by Crippen LogP contribution is -2.34. The van der Waals surface area contributed by atoms with Crippen LogP contribution in [0.25, 0.3) is 0 Å². The molecule has 0 aromatic heterocycles. The van der Waals surface area contributed by atoms with E-state index in [0.29, 0.717) is 6.61 Å². The second-order valence-corrected chi connectivity index (χ2v) is 25.6. The molecular formula is C16H38O3Si3. The molecular weight excluding hydrogens is 324 g/mol. The first-order valence-corrected chi connectivity index (χ1v) is 19.1. The number of ether oxygens (including phenoxy) is 2. The molecule has 3 nitrogen and oxygen atoms in total. The highest BCUT2D eigenvalue weighted by Crippen LogP contribution is 2.29. The SMILES string of the molecule is COC(=O)OCCC[Si](C)(C)CC[Si](C)(C)CC[Si](C)(C)C. The number of carbonyl (C=O) groups excluding carboxylic acids is 1. The van der Waals surface area contributed by atoms with Crippen molar-refractivity contribution in [2.24, 2.45) is 0 Å². The van der Waals surface area contributed by atoms with Gasteiger partial charge in [0.15, 0.2) is 0 Å². The molecule has 0 aliphatic rings. The van der Waals surface area contributed by atoms with Crippen LogP contribution in [0.1, 0.15) is 6.42 Å². The molecule has 0 spiro atoms. The zero-order valence-corrected chi connectivity index (χ0v) is 19.2. The molecule has 0 atom stereocenters. The van der Waals surface area contributed by atoms with E-state index in [4.69, 9.17) is 4.74 Å². The van der Waals surface area contributed by atoms with Gasteiger partial charge >= 0.3 is 6.16 Å². The van der Waals surface area contributed by atoms with Gasteiger partial charge in [-0.1, -0.05) is 76.0 Å². The van der Waals surface area contributed by atoms with Crippen LogP contribution in [0.2, 0.25) is 76.0 Å². The fraction of sp³-hybridized carbons (Fsp3) is 0.938. The Bertz CT molecular complexity index is 336. The second-order valence-electron chi connectivity index (χ2n) is 9.30. The molecule has 0 saturated heterocycles. The van der Waals surface area contributed by atoms with Crippen molar-refractivity contribution in [1.29, 1.82) is 0 Å². The first-order valence-electron chi connectivity index (χ1n) is 8.58. The van der Waals surface area contributed by atoms with Crippen molar-refractivity contribution in [2.45, 2.75) is 82.5 Å². The molecule has 132 valence electrons. The van der Waals surface area contributed by atoms with Crippen LogP contribution in [0.15, 0.2) is 0 Å². The molecule has 0 radical (unpaired) electrons. The quantitative estimate of drug-likeness (QED) is 0.275. The van der Waals surface area contributed by atoms with E-state index in [1.165, 1.54) is 37.3 Å². The van der Waals surface area contributed by atoms with Gasteiger partial charge in [-0.15, -0.1) is 0 Å². The lowest BCUT2D eigenvalue weighted by molar-refractivity contribution is 0.0728. The van der Waals surface area contributed by atoms with Gasteiger partial charge in [-0.05, 0) is 6.42 Å². The highest BCUT2D eigenvalue weighted by Gasteiger charge is 2.28. The standard InChI is InChI=1S/C16H38O3Si3/c1-18-16(17)19-10-9-11-21(5,6)14-15-22(7,8)13-12-20(2,3)4/h9-15H2,1-8H3. The lowest BCUT2D eigenvalue weighted by Gasteiger charge is -2.30. The van der Waals surface area contributed by atoms with Crippen molar-refractivity contribution >= 4 is 30.4 Å². The largest absolute Gasteiger partial charge is 0.507 e. The van der Waals surface area contributed by atoms with E-state index < -0.39 is 30.4 Å². The zero-order valence-electron chi connectivity index (χ0n) is 16.2. The number of carbonyl (C=O) groups is 1. The summed E-state index contributed by atoms with van der Waals surface area (Å²) in [6, 6.07) is 7.12. The van der Waals surface area contributed by atoms with Gasteiger partial charge in [-0.3, -0.25) is 0 Å². The molecule has 0 aromatic carbocycles. The third-order valence-corrected chi connectivity index (χ3v) is 13.7. The highest BCUT2D eigenvalue weighted by molar-refractivity contribution is 6.84. The first kappa shape index (κ1) is 21.9. The first-order chi connectivity index (χ1) is 9.87.